The van der Waals surface area contributed by atoms with Crippen molar-refractivity contribution in [3.05, 3.63) is 106 Å². The summed E-state index contributed by atoms with van der Waals surface area (Å²) in [5, 5.41) is 4.92. The zero-order valence-corrected chi connectivity index (χ0v) is 15.4. The summed E-state index contributed by atoms with van der Waals surface area (Å²) >= 11 is 0. The van der Waals surface area contributed by atoms with E-state index in [-0.39, 0.29) is 5.56 Å². The van der Waals surface area contributed by atoms with Gasteiger partial charge in [-0.05, 0) is 36.8 Å². The van der Waals surface area contributed by atoms with Crippen LogP contribution in [0.1, 0.15) is 17.0 Å². The number of hydrogen-bond acceptors (Lipinski definition) is 4. The van der Waals surface area contributed by atoms with Crippen LogP contribution in [-0.4, -0.2) is 15.9 Å². The lowest BCUT2D eigenvalue weighted by Crippen LogP contribution is -2.20. The number of hydrogen-bond donors (Lipinski definition) is 0. The summed E-state index contributed by atoms with van der Waals surface area (Å²) in [5.41, 5.74) is 2.35. The Kier molecular flexibility index (Phi) is 4.97. The Morgan fingerprint density at radius 3 is 2.54 bits per heavy atom. The van der Waals surface area contributed by atoms with Gasteiger partial charge in [-0.1, -0.05) is 54.6 Å². The fraction of sp³-hybridized carbons (Fsp3) is 0.0870. The van der Waals surface area contributed by atoms with Gasteiger partial charge in [0, 0.05) is 5.56 Å². The molecule has 0 aliphatic heterocycles. The zero-order valence-electron chi connectivity index (χ0n) is 15.4. The average Bonchev–Trinajstić information content (AvgIpc) is 2.73. The Bertz CT molecular complexity index is 1200. The number of nitrogens with zero attached hydrogens (tertiary/aromatic N) is 3. The number of para-hydroxylation sites is 2. The first-order valence-electron chi connectivity index (χ1n) is 9.01. The van der Waals surface area contributed by atoms with Gasteiger partial charge in [-0.15, -0.1) is 0 Å². The predicted molar refractivity (Wildman–Crippen MR) is 111 cm³/mol. The molecular formula is C23H19N3O2. The highest BCUT2D eigenvalue weighted by atomic mass is 16.5. The molecule has 5 nitrogen and oxygen atoms in total. The molecule has 1 heterocycles. The van der Waals surface area contributed by atoms with Crippen molar-refractivity contribution >= 4 is 17.1 Å². The van der Waals surface area contributed by atoms with Crippen LogP contribution in [0.5, 0.6) is 5.75 Å². The van der Waals surface area contributed by atoms with Crippen LogP contribution in [0.25, 0.3) is 10.9 Å². The minimum atomic E-state index is -0.193. The smallest absolute Gasteiger partial charge is 0.282 e. The minimum Gasteiger partial charge on any atom is -0.488 e. The van der Waals surface area contributed by atoms with Crippen molar-refractivity contribution in [3.63, 3.8) is 0 Å². The number of rotatable bonds is 5. The first-order valence-corrected chi connectivity index (χ1v) is 9.01. The minimum absolute atomic E-state index is 0.193. The molecule has 0 bridgehead atoms. The second-order valence-electron chi connectivity index (χ2n) is 6.35. The molecule has 28 heavy (non-hydrogen) atoms. The van der Waals surface area contributed by atoms with E-state index in [1.165, 1.54) is 4.68 Å². The van der Waals surface area contributed by atoms with Crippen LogP contribution >= 0.6 is 0 Å². The van der Waals surface area contributed by atoms with Gasteiger partial charge in [0.15, 0.2) is 0 Å². The standard InChI is InChI=1S/C23H19N3O2/c1-17-25-21-13-7-6-12-20(21)23(27)26(17)24-15-19-11-5-8-14-22(19)28-16-18-9-3-2-4-10-18/h2-15H,16H2,1H3. The van der Waals surface area contributed by atoms with Crippen LogP contribution in [0, 0.1) is 6.92 Å². The van der Waals surface area contributed by atoms with Crippen molar-refractivity contribution < 1.29 is 4.74 Å². The monoisotopic (exact) mass is 369 g/mol. The Labute approximate surface area is 162 Å². The van der Waals surface area contributed by atoms with Crippen molar-refractivity contribution in [1.82, 2.24) is 9.66 Å². The maximum Gasteiger partial charge on any atom is 0.282 e. The van der Waals surface area contributed by atoms with Crippen LogP contribution in [0.3, 0.4) is 0 Å². The van der Waals surface area contributed by atoms with Crippen LogP contribution in [0.2, 0.25) is 0 Å². The molecule has 5 heteroatoms. The van der Waals surface area contributed by atoms with Gasteiger partial charge < -0.3 is 4.74 Å². The molecule has 0 N–H and O–H groups in total. The molecule has 3 aromatic carbocycles. The number of fused-ring (bicyclic) bond motifs is 1. The molecule has 138 valence electrons. The summed E-state index contributed by atoms with van der Waals surface area (Å²) in [7, 11) is 0. The van der Waals surface area contributed by atoms with Crippen molar-refractivity contribution in [1.29, 1.82) is 0 Å². The van der Waals surface area contributed by atoms with Crippen LogP contribution in [0.4, 0.5) is 0 Å². The predicted octanol–water partition coefficient (Wildman–Crippen LogP) is 4.17. The van der Waals surface area contributed by atoms with Gasteiger partial charge in [0.1, 0.15) is 18.2 Å². The quantitative estimate of drug-likeness (QED) is 0.496. The molecule has 1 aromatic heterocycles. The molecule has 0 saturated carbocycles. The lowest BCUT2D eigenvalue weighted by Gasteiger charge is -2.09. The molecular weight excluding hydrogens is 350 g/mol. The molecule has 0 fully saturated rings. The fourth-order valence-electron chi connectivity index (χ4n) is 2.94. The first kappa shape index (κ1) is 17.7. The summed E-state index contributed by atoms with van der Waals surface area (Å²) in [6, 6.07) is 24.8. The number of ether oxygens (including phenoxy) is 1. The van der Waals surface area contributed by atoms with Gasteiger partial charge in [0.2, 0.25) is 0 Å². The van der Waals surface area contributed by atoms with E-state index < -0.39 is 0 Å². The lowest BCUT2D eigenvalue weighted by molar-refractivity contribution is 0.306. The molecule has 0 aliphatic carbocycles. The molecule has 0 amide bonds. The first-order chi connectivity index (χ1) is 13.7. The number of benzene rings is 3. The van der Waals surface area contributed by atoms with Gasteiger partial charge in [-0.2, -0.15) is 9.78 Å². The second-order valence-corrected chi connectivity index (χ2v) is 6.35. The highest BCUT2D eigenvalue weighted by Gasteiger charge is 2.07. The van der Waals surface area contributed by atoms with E-state index in [9.17, 15) is 4.79 Å². The Hall–Kier alpha value is -3.73. The molecule has 0 saturated heterocycles. The van der Waals surface area contributed by atoms with Gasteiger partial charge >= 0.3 is 0 Å². The van der Waals surface area contributed by atoms with Crippen molar-refractivity contribution in [2.24, 2.45) is 5.10 Å². The average molecular weight is 369 g/mol. The molecule has 0 atom stereocenters. The molecule has 0 unspecified atom stereocenters. The van der Waals surface area contributed by atoms with E-state index in [2.05, 4.69) is 10.1 Å². The summed E-state index contributed by atoms with van der Waals surface area (Å²) in [6.07, 6.45) is 1.63. The highest BCUT2D eigenvalue weighted by Crippen LogP contribution is 2.18. The third-order valence-electron chi connectivity index (χ3n) is 4.38. The van der Waals surface area contributed by atoms with Gasteiger partial charge in [-0.25, -0.2) is 4.98 Å². The summed E-state index contributed by atoms with van der Waals surface area (Å²) < 4.78 is 7.26. The molecule has 0 aliphatic rings. The van der Waals surface area contributed by atoms with Crippen LogP contribution < -0.4 is 10.3 Å². The van der Waals surface area contributed by atoms with Gasteiger partial charge in [-0.3, -0.25) is 4.79 Å². The summed E-state index contributed by atoms with van der Waals surface area (Å²) in [5.74, 6) is 1.23. The van der Waals surface area contributed by atoms with Gasteiger partial charge in [0.05, 0.1) is 17.1 Å². The van der Waals surface area contributed by atoms with E-state index in [4.69, 9.17) is 4.74 Å². The molecule has 4 rings (SSSR count). The van der Waals surface area contributed by atoms with Crippen LogP contribution in [0.15, 0.2) is 88.8 Å². The topological polar surface area (TPSA) is 56.5 Å². The SMILES string of the molecule is Cc1nc2ccccc2c(=O)n1N=Cc1ccccc1OCc1ccccc1. The zero-order chi connectivity index (χ0) is 19.3. The van der Waals surface area contributed by atoms with Crippen molar-refractivity contribution in [2.45, 2.75) is 13.5 Å². The highest BCUT2D eigenvalue weighted by molar-refractivity contribution is 5.83. The van der Waals surface area contributed by atoms with E-state index in [0.29, 0.717) is 29.1 Å². The van der Waals surface area contributed by atoms with Crippen LogP contribution in [-0.2, 0) is 6.61 Å². The van der Waals surface area contributed by atoms with E-state index in [1.807, 2.05) is 72.8 Å². The number of aromatic nitrogens is 2. The second kappa shape index (κ2) is 7.88. The van der Waals surface area contributed by atoms with Crippen molar-refractivity contribution in [3.8, 4) is 5.75 Å². The molecule has 4 aromatic rings. The fourth-order valence-corrected chi connectivity index (χ4v) is 2.94. The summed E-state index contributed by atoms with van der Waals surface area (Å²) in [6.45, 7) is 2.23. The Morgan fingerprint density at radius 1 is 0.964 bits per heavy atom. The Balaban J connectivity index is 1.64. The van der Waals surface area contributed by atoms with E-state index in [0.717, 1.165) is 11.1 Å². The maximum absolute atomic E-state index is 12.7. The van der Waals surface area contributed by atoms with Crippen molar-refractivity contribution in [2.75, 3.05) is 0 Å². The van der Waals surface area contributed by atoms with E-state index in [1.54, 1.807) is 19.2 Å². The third kappa shape index (κ3) is 3.69. The molecule has 0 radical (unpaired) electrons. The molecule has 0 spiro atoms. The largest absolute Gasteiger partial charge is 0.488 e. The summed E-state index contributed by atoms with van der Waals surface area (Å²) in [4.78, 5) is 17.2. The lowest BCUT2D eigenvalue weighted by atomic mass is 10.2. The Morgan fingerprint density at radius 2 is 1.68 bits per heavy atom. The number of aryl methyl sites for hydroxylation is 1. The van der Waals surface area contributed by atoms with E-state index >= 15 is 0 Å². The maximum atomic E-state index is 12.7. The van der Waals surface area contributed by atoms with Gasteiger partial charge in [0.25, 0.3) is 5.56 Å². The normalized spacial score (nSPS) is 11.2. The third-order valence-corrected chi connectivity index (χ3v) is 4.38.